The highest BCUT2D eigenvalue weighted by Gasteiger charge is 2.35. The average molecular weight is 488 g/mol. The lowest BCUT2D eigenvalue weighted by Gasteiger charge is -2.35. The lowest BCUT2D eigenvalue weighted by atomic mass is 9.94. The quantitative estimate of drug-likeness (QED) is 0.492. The number of fused-ring (bicyclic) bond motifs is 2. The van der Waals surface area contributed by atoms with Gasteiger partial charge in [-0.25, -0.2) is 9.59 Å². The van der Waals surface area contributed by atoms with E-state index in [2.05, 4.69) is 102 Å². The largest absolute Gasteiger partial charge is 0.473 e. The summed E-state index contributed by atoms with van der Waals surface area (Å²) in [5.41, 5.74) is 8.63. The molecule has 1 atom stereocenters. The topological polar surface area (TPSA) is 84.3 Å². The van der Waals surface area contributed by atoms with Crippen molar-refractivity contribution in [2.24, 2.45) is 0 Å². The number of rotatable bonds is 6. The predicted molar refractivity (Wildman–Crippen MR) is 142 cm³/mol. The second-order valence-corrected chi connectivity index (χ2v) is 9.39. The number of carboxylic acids is 2. The molecule has 0 saturated carbocycles. The van der Waals surface area contributed by atoms with Gasteiger partial charge in [0.05, 0.1) is 17.4 Å². The summed E-state index contributed by atoms with van der Waals surface area (Å²) in [5.74, 6) is -3.65. The van der Waals surface area contributed by atoms with E-state index in [9.17, 15) is 0 Å². The Morgan fingerprint density at radius 1 is 0.889 bits per heavy atom. The van der Waals surface area contributed by atoms with E-state index >= 15 is 0 Å². The molecule has 0 amide bonds. The van der Waals surface area contributed by atoms with Crippen molar-refractivity contribution in [2.45, 2.75) is 25.3 Å². The third kappa shape index (κ3) is 5.52. The number of hydrogen-bond donors (Lipinski definition) is 2. The van der Waals surface area contributed by atoms with Gasteiger partial charge >= 0.3 is 11.9 Å². The minimum Gasteiger partial charge on any atom is -0.473 e. The van der Waals surface area contributed by atoms with Crippen molar-refractivity contribution < 1.29 is 19.8 Å². The third-order valence-corrected chi connectivity index (χ3v) is 6.76. The zero-order valence-corrected chi connectivity index (χ0v) is 20.8. The number of para-hydroxylation sites is 3. The molecule has 0 spiro atoms. The number of anilines is 3. The zero-order valence-electron chi connectivity index (χ0n) is 20.8. The van der Waals surface area contributed by atoms with E-state index in [1.54, 1.807) is 0 Å². The fourth-order valence-electron chi connectivity index (χ4n) is 5.11. The van der Waals surface area contributed by atoms with Gasteiger partial charge in [0.25, 0.3) is 0 Å². The summed E-state index contributed by atoms with van der Waals surface area (Å²) >= 11 is 0. The number of nitrogens with zero attached hydrogens (tertiary/aromatic N) is 3. The Morgan fingerprint density at radius 3 is 2.22 bits per heavy atom. The first kappa shape index (κ1) is 25.3. The molecule has 0 fully saturated rings. The molecule has 2 N–H and O–H groups in total. The maximum Gasteiger partial charge on any atom is 0.414 e. The Labute approximate surface area is 212 Å². The van der Waals surface area contributed by atoms with Gasteiger partial charge in [0, 0.05) is 25.3 Å². The molecular weight excluding hydrogens is 454 g/mol. The van der Waals surface area contributed by atoms with Crippen molar-refractivity contribution in [3.8, 4) is 0 Å². The van der Waals surface area contributed by atoms with Crippen molar-refractivity contribution >= 4 is 29.0 Å². The Hall–Kier alpha value is -3.84. The molecule has 5 rings (SSSR count). The van der Waals surface area contributed by atoms with Crippen molar-refractivity contribution in [3.05, 3.63) is 89.5 Å². The molecular formula is C29H33N3O4. The summed E-state index contributed by atoms with van der Waals surface area (Å²) in [5, 5.41) is 14.8. The summed E-state index contributed by atoms with van der Waals surface area (Å²) in [6.07, 6.45) is 3.35. The zero-order chi connectivity index (χ0) is 25.7. The highest BCUT2D eigenvalue weighted by atomic mass is 16.4. The van der Waals surface area contributed by atoms with Crippen LogP contribution in [-0.4, -0.2) is 60.8 Å². The van der Waals surface area contributed by atoms with Crippen LogP contribution in [0.2, 0.25) is 0 Å². The normalized spacial score (nSPS) is 15.5. The van der Waals surface area contributed by atoms with Crippen LogP contribution in [0.3, 0.4) is 0 Å². The van der Waals surface area contributed by atoms with Crippen LogP contribution in [0.25, 0.3) is 0 Å². The summed E-state index contributed by atoms with van der Waals surface area (Å²) in [4.78, 5) is 25.7. The van der Waals surface area contributed by atoms with Gasteiger partial charge in [0.1, 0.15) is 0 Å². The number of aliphatic carboxylic acids is 2. The molecule has 36 heavy (non-hydrogen) atoms. The summed E-state index contributed by atoms with van der Waals surface area (Å²) in [6, 6.07) is 27.3. The van der Waals surface area contributed by atoms with Gasteiger partial charge in [-0.05, 0) is 62.2 Å². The van der Waals surface area contributed by atoms with E-state index in [0.29, 0.717) is 6.04 Å². The van der Waals surface area contributed by atoms with Gasteiger partial charge in [-0.3, -0.25) is 0 Å². The molecule has 3 aromatic carbocycles. The number of aryl methyl sites for hydroxylation is 1. The van der Waals surface area contributed by atoms with Crippen molar-refractivity contribution in [1.29, 1.82) is 0 Å². The van der Waals surface area contributed by atoms with Gasteiger partial charge in [-0.15, -0.1) is 0 Å². The molecule has 0 radical (unpaired) electrons. The molecule has 2 aliphatic rings. The number of benzene rings is 3. The first-order chi connectivity index (χ1) is 17.4. The van der Waals surface area contributed by atoms with Crippen LogP contribution in [0.15, 0.2) is 72.8 Å². The van der Waals surface area contributed by atoms with E-state index in [4.69, 9.17) is 19.8 Å². The molecule has 0 bridgehead atoms. The molecule has 1 unspecified atom stereocenters. The van der Waals surface area contributed by atoms with Crippen molar-refractivity contribution in [3.63, 3.8) is 0 Å². The number of carboxylic acid groups (broad SMARTS) is 2. The van der Waals surface area contributed by atoms with Crippen LogP contribution in [0, 0.1) is 0 Å². The maximum absolute atomic E-state index is 9.10. The minimum atomic E-state index is -1.82. The van der Waals surface area contributed by atoms with Crippen LogP contribution < -0.4 is 9.80 Å². The summed E-state index contributed by atoms with van der Waals surface area (Å²) < 4.78 is 0. The first-order valence-corrected chi connectivity index (χ1v) is 12.3. The highest BCUT2D eigenvalue weighted by Crippen LogP contribution is 2.50. The minimum absolute atomic E-state index is 0.379. The molecule has 7 heteroatoms. The van der Waals surface area contributed by atoms with E-state index in [1.807, 2.05) is 0 Å². The smallest absolute Gasteiger partial charge is 0.414 e. The predicted octanol–water partition coefficient (Wildman–Crippen LogP) is 4.59. The van der Waals surface area contributed by atoms with Gasteiger partial charge in [-0.2, -0.15) is 0 Å². The molecule has 3 aromatic rings. The van der Waals surface area contributed by atoms with Gasteiger partial charge < -0.3 is 24.9 Å². The Bertz CT molecular complexity index is 1200. The molecule has 2 aliphatic heterocycles. The van der Waals surface area contributed by atoms with Gasteiger partial charge in [0.2, 0.25) is 0 Å². The lowest BCUT2D eigenvalue weighted by molar-refractivity contribution is -0.159. The monoisotopic (exact) mass is 487 g/mol. The number of carbonyl (C=O) groups is 2. The van der Waals surface area contributed by atoms with Gasteiger partial charge in [0.15, 0.2) is 0 Å². The SMILES string of the molecule is CN(C)CCN1c2ccccc2N2CCc3cccc(c32)C1CCc1ccccc1.O=C(O)C(=O)O. The second kappa shape index (κ2) is 11.3. The van der Waals surface area contributed by atoms with Crippen LogP contribution in [0.5, 0.6) is 0 Å². The molecule has 2 heterocycles. The molecule has 0 aliphatic carbocycles. The Kier molecular flexibility index (Phi) is 7.90. The molecule has 0 saturated heterocycles. The van der Waals surface area contributed by atoms with Crippen LogP contribution in [0.1, 0.15) is 29.2 Å². The van der Waals surface area contributed by atoms with Crippen LogP contribution in [-0.2, 0) is 22.4 Å². The van der Waals surface area contributed by atoms with Crippen molar-refractivity contribution in [1.82, 2.24) is 4.90 Å². The molecule has 188 valence electrons. The summed E-state index contributed by atoms with van der Waals surface area (Å²) in [7, 11) is 4.34. The second-order valence-electron chi connectivity index (χ2n) is 9.39. The highest BCUT2D eigenvalue weighted by molar-refractivity contribution is 6.27. The summed E-state index contributed by atoms with van der Waals surface area (Å²) in [6.45, 7) is 3.16. The number of hydrogen-bond acceptors (Lipinski definition) is 5. The first-order valence-electron chi connectivity index (χ1n) is 12.3. The standard InChI is InChI=1S/C27H31N3.C2H2O4/c1-28(2)19-20-29-24(16-15-21-9-4-3-5-10-21)23-12-8-11-22-17-18-30(27(22)23)26-14-7-6-13-25(26)29;3-1(4)2(5)6/h3-14,24H,15-20H2,1-2H3;(H,3,4)(H,5,6). The fraction of sp³-hybridized carbons (Fsp3) is 0.310. The van der Waals surface area contributed by atoms with E-state index in [1.165, 1.54) is 33.8 Å². The lowest BCUT2D eigenvalue weighted by Crippen LogP contribution is -2.35. The van der Waals surface area contributed by atoms with Gasteiger partial charge in [-0.1, -0.05) is 60.7 Å². The Morgan fingerprint density at radius 2 is 1.56 bits per heavy atom. The maximum atomic E-state index is 9.10. The third-order valence-electron chi connectivity index (χ3n) is 6.76. The fourth-order valence-corrected chi connectivity index (χ4v) is 5.11. The Balaban J connectivity index is 0.000000455. The van der Waals surface area contributed by atoms with E-state index in [-0.39, 0.29) is 0 Å². The number of likely N-dealkylation sites (N-methyl/N-ethyl adjacent to an activating group) is 1. The van der Waals surface area contributed by atoms with Crippen molar-refractivity contribution in [2.75, 3.05) is 43.5 Å². The van der Waals surface area contributed by atoms with Crippen LogP contribution >= 0.6 is 0 Å². The van der Waals surface area contributed by atoms with E-state index < -0.39 is 11.9 Å². The molecule has 7 nitrogen and oxygen atoms in total. The average Bonchev–Trinajstić information content (AvgIpc) is 3.27. The van der Waals surface area contributed by atoms with E-state index in [0.717, 1.165) is 38.9 Å². The molecule has 0 aromatic heterocycles. The van der Waals surface area contributed by atoms with Crippen LogP contribution in [0.4, 0.5) is 17.1 Å².